The standard InChI is InChI=1S/C18H18N2O3S2/c1-11-4-7-16(25-11)14-10-24-18(19-14)20-17(21)9-12-8-13(22-2)5-6-15(12)23-3/h4-8,10H,9H2,1-3H3,(H,19,20,21). The van der Waals surface area contributed by atoms with E-state index in [9.17, 15) is 4.79 Å². The average molecular weight is 374 g/mol. The number of nitrogens with zero attached hydrogens (tertiary/aromatic N) is 1. The molecule has 1 N–H and O–H groups in total. The Labute approximate surface area is 154 Å². The Kier molecular flexibility index (Phi) is 5.35. The van der Waals surface area contributed by atoms with Gasteiger partial charge < -0.3 is 14.8 Å². The molecule has 5 nitrogen and oxygen atoms in total. The zero-order chi connectivity index (χ0) is 17.8. The largest absolute Gasteiger partial charge is 0.497 e. The highest BCUT2D eigenvalue weighted by atomic mass is 32.1. The SMILES string of the molecule is COc1ccc(OC)c(CC(=O)Nc2nc(-c3ccc(C)s3)cs2)c1. The molecule has 0 atom stereocenters. The Hall–Kier alpha value is -2.38. The first kappa shape index (κ1) is 17.4. The number of amides is 1. The zero-order valence-corrected chi connectivity index (χ0v) is 15.8. The van der Waals surface area contributed by atoms with Crippen molar-refractivity contribution in [2.75, 3.05) is 19.5 Å². The highest BCUT2D eigenvalue weighted by molar-refractivity contribution is 7.17. The number of carbonyl (C=O) groups excluding carboxylic acids is 1. The van der Waals surface area contributed by atoms with Crippen LogP contribution in [0.4, 0.5) is 5.13 Å². The first-order chi connectivity index (χ1) is 12.1. The predicted molar refractivity (Wildman–Crippen MR) is 102 cm³/mol. The number of ether oxygens (including phenoxy) is 2. The summed E-state index contributed by atoms with van der Waals surface area (Å²) in [6.45, 7) is 2.06. The quantitative estimate of drug-likeness (QED) is 0.696. The maximum atomic E-state index is 12.4. The molecule has 0 saturated carbocycles. The van der Waals surface area contributed by atoms with E-state index in [1.807, 2.05) is 11.4 Å². The number of rotatable bonds is 6. The summed E-state index contributed by atoms with van der Waals surface area (Å²) in [7, 11) is 3.17. The predicted octanol–water partition coefficient (Wildman–Crippen LogP) is 4.38. The third kappa shape index (κ3) is 4.18. The van der Waals surface area contributed by atoms with Gasteiger partial charge in [0.1, 0.15) is 11.5 Å². The lowest BCUT2D eigenvalue weighted by Crippen LogP contribution is -2.14. The molecule has 0 aliphatic rings. The molecule has 1 aromatic carbocycles. The number of anilines is 1. The monoisotopic (exact) mass is 374 g/mol. The van der Waals surface area contributed by atoms with Crippen molar-refractivity contribution in [3.63, 3.8) is 0 Å². The van der Waals surface area contributed by atoms with Gasteiger partial charge in [-0.3, -0.25) is 4.79 Å². The molecule has 2 aromatic heterocycles. The Morgan fingerprint density at radius 3 is 2.72 bits per heavy atom. The molecule has 25 heavy (non-hydrogen) atoms. The number of methoxy groups -OCH3 is 2. The molecule has 0 unspecified atom stereocenters. The molecule has 130 valence electrons. The molecule has 0 aliphatic heterocycles. The normalized spacial score (nSPS) is 10.5. The lowest BCUT2D eigenvalue weighted by Gasteiger charge is -2.10. The molecule has 3 aromatic rings. The lowest BCUT2D eigenvalue weighted by molar-refractivity contribution is -0.115. The topological polar surface area (TPSA) is 60.5 Å². The minimum Gasteiger partial charge on any atom is -0.497 e. The van der Waals surface area contributed by atoms with Crippen LogP contribution in [-0.4, -0.2) is 25.1 Å². The van der Waals surface area contributed by atoms with Crippen LogP contribution in [0.25, 0.3) is 10.6 Å². The van der Waals surface area contributed by atoms with E-state index in [0.717, 1.165) is 16.1 Å². The summed E-state index contributed by atoms with van der Waals surface area (Å²) in [6, 6.07) is 9.51. The van der Waals surface area contributed by atoms with Crippen molar-refractivity contribution in [2.24, 2.45) is 0 Å². The first-order valence-corrected chi connectivity index (χ1v) is 9.31. The van der Waals surface area contributed by atoms with E-state index in [2.05, 4.69) is 23.3 Å². The summed E-state index contributed by atoms with van der Waals surface area (Å²) >= 11 is 3.10. The summed E-state index contributed by atoms with van der Waals surface area (Å²) in [5.74, 6) is 1.20. The summed E-state index contributed by atoms with van der Waals surface area (Å²) in [5, 5.41) is 5.39. The van der Waals surface area contributed by atoms with Crippen LogP contribution in [-0.2, 0) is 11.2 Å². The number of carbonyl (C=O) groups is 1. The van der Waals surface area contributed by atoms with Crippen LogP contribution in [0.5, 0.6) is 11.5 Å². The molecule has 2 heterocycles. The van der Waals surface area contributed by atoms with Crippen molar-refractivity contribution < 1.29 is 14.3 Å². The van der Waals surface area contributed by atoms with E-state index >= 15 is 0 Å². The van der Waals surface area contributed by atoms with Crippen molar-refractivity contribution >= 4 is 33.7 Å². The summed E-state index contributed by atoms with van der Waals surface area (Å²) in [5.41, 5.74) is 1.65. The fraction of sp³-hybridized carbons (Fsp3) is 0.222. The van der Waals surface area contributed by atoms with Crippen LogP contribution >= 0.6 is 22.7 Å². The van der Waals surface area contributed by atoms with E-state index in [1.165, 1.54) is 16.2 Å². The molecule has 7 heteroatoms. The average Bonchev–Trinajstić information content (AvgIpc) is 3.23. The molecule has 0 saturated heterocycles. The molecule has 0 aliphatic carbocycles. The minimum atomic E-state index is -0.144. The maximum Gasteiger partial charge on any atom is 0.230 e. The van der Waals surface area contributed by atoms with E-state index in [4.69, 9.17) is 9.47 Å². The molecule has 0 fully saturated rings. The Balaban J connectivity index is 1.70. The number of nitrogens with one attached hydrogen (secondary N) is 1. The van der Waals surface area contributed by atoms with Gasteiger partial charge in [0, 0.05) is 15.8 Å². The van der Waals surface area contributed by atoms with Crippen LogP contribution in [0.15, 0.2) is 35.7 Å². The fourth-order valence-electron chi connectivity index (χ4n) is 2.37. The number of hydrogen-bond acceptors (Lipinski definition) is 6. The van der Waals surface area contributed by atoms with Crippen molar-refractivity contribution in [1.82, 2.24) is 4.98 Å². The van der Waals surface area contributed by atoms with Crippen LogP contribution in [0.2, 0.25) is 0 Å². The number of aromatic nitrogens is 1. The lowest BCUT2D eigenvalue weighted by atomic mass is 10.1. The molecule has 3 rings (SSSR count). The van der Waals surface area contributed by atoms with E-state index in [1.54, 1.807) is 43.8 Å². The first-order valence-electron chi connectivity index (χ1n) is 7.62. The highest BCUT2D eigenvalue weighted by Crippen LogP contribution is 2.30. The molecular formula is C18H18N2O3S2. The number of thiazole rings is 1. The summed E-state index contributed by atoms with van der Waals surface area (Å²) in [4.78, 5) is 19.2. The van der Waals surface area contributed by atoms with Crippen LogP contribution in [0, 0.1) is 6.92 Å². The van der Waals surface area contributed by atoms with E-state index in [-0.39, 0.29) is 12.3 Å². The van der Waals surface area contributed by atoms with Gasteiger partial charge >= 0.3 is 0 Å². The Bertz CT molecular complexity index is 886. The van der Waals surface area contributed by atoms with Gasteiger partial charge in [-0.2, -0.15) is 0 Å². The van der Waals surface area contributed by atoms with Crippen molar-refractivity contribution in [1.29, 1.82) is 0 Å². The second kappa shape index (κ2) is 7.67. The Morgan fingerprint density at radius 1 is 1.20 bits per heavy atom. The number of hydrogen-bond donors (Lipinski definition) is 1. The van der Waals surface area contributed by atoms with Crippen molar-refractivity contribution in [2.45, 2.75) is 13.3 Å². The van der Waals surface area contributed by atoms with Crippen LogP contribution in [0.3, 0.4) is 0 Å². The smallest absolute Gasteiger partial charge is 0.230 e. The van der Waals surface area contributed by atoms with Gasteiger partial charge in [0.05, 0.1) is 31.2 Å². The fourth-order valence-corrected chi connectivity index (χ4v) is 4.00. The number of aryl methyl sites for hydroxylation is 1. The van der Waals surface area contributed by atoms with Gasteiger partial charge in [0.25, 0.3) is 0 Å². The molecule has 0 radical (unpaired) electrons. The second-order valence-electron chi connectivity index (χ2n) is 5.35. The highest BCUT2D eigenvalue weighted by Gasteiger charge is 2.13. The Morgan fingerprint density at radius 2 is 2.04 bits per heavy atom. The third-order valence-electron chi connectivity index (χ3n) is 3.58. The van der Waals surface area contributed by atoms with Gasteiger partial charge in [-0.05, 0) is 37.3 Å². The minimum absolute atomic E-state index is 0.144. The van der Waals surface area contributed by atoms with Gasteiger partial charge in [-0.15, -0.1) is 22.7 Å². The summed E-state index contributed by atoms with van der Waals surface area (Å²) in [6.07, 6.45) is 0.188. The van der Waals surface area contributed by atoms with Crippen molar-refractivity contribution in [3.8, 4) is 22.1 Å². The van der Waals surface area contributed by atoms with Crippen molar-refractivity contribution in [3.05, 3.63) is 46.2 Å². The van der Waals surface area contributed by atoms with Crippen LogP contribution in [0.1, 0.15) is 10.4 Å². The van der Waals surface area contributed by atoms with Gasteiger partial charge in [0.15, 0.2) is 5.13 Å². The van der Waals surface area contributed by atoms with E-state index < -0.39 is 0 Å². The van der Waals surface area contributed by atoms with Crippen LogP contribution < -0.4 is 14.8 Å². The van der Waals surface area contributed by atoms with Gasteiger partial charge in [-0.1, -0.05) is 0 Å². The maximum absolute atomic E-state index is 12.4. The zero-order valence-electron chi connectivity index (χ0n) is 14.2. The third-order valence-corrected chi connectivity index (χ3v) is 5.36. The second-order valence-corrected chi connectivity index (χ2v) is 7.50. The molecule has 1 amide bonds. The van der Waals surface area contributed by atoms with Gasteiger partial charge in [-0.25, -0.2) is 4.98 Å². The molecule has 0 bridgehead atoms. The summed E-state index contributed by atoms with van der Waals surface area (Å²) < 4.78 is 10.5. The van der Waals surface area contributed by atoms with Gasteiger partial charge in [0.2, 0.25) is 5.91 Å². The van der Waals surface area contributed by atoms with E-state index in [0.29, 0.717) is 16.6 Å². The molecular weight excluding hydrogens is 356 g/mol. The number of benzene rings is 1. The number of thiophene rings is 1. The molecule has 0 spiro atoms.